The van der Waals surface area contributed by atoms with Gasteiger partial charge in [-0.3, -0.25) is 4.79 Å². The van der Waals surface area contributed by atoms with Crippen molar-refractivity contribution >= 4 is 5.78 Å². The maximum Gasteiger partial charge on any atom is 0.166 e. The van der Waals surface area contributed by atoms with Crippen LogP contribution in [-0.2, 0) is 6.42 Å². The molecule has 2 rings (SSSR count). The fourth-order valence-electron chi connectivity index (χ4n) is 2.27. The van der Waals surface area contributed by atoms with Gasteiger partial charge in [-0.15, -0.1) is 0 Å². The Labute approximate surface area is 89.9 Å². The van der Waals surface area contributed by atoms with Gasteiger partial charge in [-0.05, 0) is 24.3 Å². The van der Waals surface area contributed by atoms with Crippen LogP contribution >= 0.6 is 0 Å². The van der Waals surface area contributed by atoms with Gasteiger partial charge in [0.2, 0.25) is 0 Å². The van der Waals surface area contributed by atoms with Gasteiger partial charge >= 0.3 is 0 Å². The number of benzene rings is 1. The third-order valence-corrected chi connectivity index (χ3v) is 3.12. The minimum atomic E-state index is 0.0875. The fraction of sp³-hybridized carbons (Fsp3) is 0.462. The molecule has 1 aromatic rings. The van der Waals surface area contributed by atoms with E-state index in [0.717, 1.165) is 24.0 Å². The van der Waals surface area contributed by atoms with Crippen molar-refractivity contribution < 1.29 is 9.90 Å². The topological polar surface area (TPSA) is 37.3 Å². The van der Waals surface area contributed by atoms with Crippen molar-refractivity contribution in [3.8, 4) is 0 Å². The Morgan fingerprint density at radius 2 is 2.20 bits per heavy atom. The standard InChI is InChI=1S/C13H16O2/c1-9(8-14)6-11-7-10-4-2-3-5-12(10)13(11)15/h2-5,9,11,14H,6-8H2,1H3. The highest BCUT2D eigenvalue weighted by Gasteiger charge is 2.30. The molecule has 0 radical (unpaired) electrons. The molecule has 1 aliphatic carbocycles. The van der Waals surface area contributed by atoms with Crippen molar-refractivity contribution in [1.82, 2.24) is 0 Å². The van der Waals surface area contributed by atoms with Crippen LogP contribution in [0.2, 0.25) is 0 Å². The summed E-state index contributed by atoms with van der Waals surface area (Å²) in [6, 6.07) is 7.82. The van der Waals surface area contributed by atoms with Crippen molar-refractivity contribution in [1.29, 1.82) is 0 Å². The van der Waals surface area contributed by atoms with Crippen LogP contribution in [0.5, 0.6) is 0 Å². The first-order valence-electron chi connectivity index (χ1n) is 5.45. The molecular weight excluding hydrogens is 188 g/mol. The zero-order chi connectivity index (χ0) is 10.8. The van der Waals surface area contributed by atoms with Gasteiger partial charge in [0.25, 0.3) is 0 Å². The van der Waals surface area contributed by atoms with Crippen molar-refractivity contribution in [2.75, 3.05) is 6.61 Å². The van der Waals surface area contributed by atoms with Gasteiger partial charge in [0.1, 0.15) is 0 Å². The van der Waals surface area contributed by atoms with E-state index in [0.29, 0.717) is 0 Å². The number of Topliss-reactive ketones (excluding diaryl/α,β-unsaturated/α-hetero) is 1. The van der Waals surface area contributed by atoms with Gasteiger partial charge in [0.15, 0.2) is 5.78 Å². The van der Waals surface area contributed by atoms with Gasteiger partial charge in [0, 0.05) is 18.1 Å². The van der Waals surface area contributed by atoms with E-state index >= 15 is 0 Å². The lowest BCUT2D eigenvalue weighted by Crippen LogP contribution is -2.15. The zero-order valence-corrected chi connectivity index (χ0v) is 8.94. The van der Waals surface area contributed by atoms with Gasteiger partial charge in [-0.25, -0.2) is 0 Å². The Morgan fingerprint density at radius 3 is 2.87 bits per heavy atom. The fourth-order valence-corrected chi connectivity index (χ4v) is 2.27. The van der Waals surface area contributed by atoms with Crippen LogP contribution in [0.25, 0.3) is 0 Å². The summed E-state index contributed by atoms with van der Waals surface area (Å²) >= 11 is 0. The van der Waals surface area contributed by atoms with Crippen LogP contribution in [0.1, 0.15) is 29.3 Å². The minimum absolute atomic E-state index is 0.0875. The van der Waals surface area contributed by atoms with E-state index in [1.165, 1.54) is 0 Å². The predicted octanol–water partition coefficient (Wildman–Crippen LogP) is 2.06. The number of ketones is 1. The molecule has 0 aromatic heterocycles. The quantitative estimate of drug-likeness (QED) is 0.818. The number of hydrogen-bond donors (Lipinski definition) is 1. The SMILES string of the molecule is CC(CO)CC1Cc2ccccc2C1=O. The van der Waals surface area contributed by atoms with Crippen LogP contribution in [0.3, 0.4) is 0 Å². The molecule has 0 spiro atoms. The van der Waals surface area contributed by atoms with Crippen LogP contribution in [0, 0.1) is 11.8 Å². The smallest absolute Gasteiger partial charge is 0.166 e. The summed E-state index contributed by atoms with van der Waals surface area (Å²) in [5.74, 6) is 0.559. The molecule has 1 aromatic carbocycles. The van der Waals surface area contributed by atoms with Gasteiger partial charge < -0.3 is 5.11 Å². The molecule has 15 heavy (non-hydrogen) atoms. The normalized spacial score (nSPS) is 21.5. The van der Waals surface area contributed by atoms with Crippen molar-refractivity contribution in [2.45, 2.75) is 19.8 Å². The van der Waals surface area contributed by atoms with E-state index in [-0.39, 0.29) is 24.2 Å². The van der Waals surface area contributed by atoms with Crippen LogP contribution in [0.4, 0.5) is 0 Å². The first-order chi connectivity index (χ1) is 7.22. The van der Waals surface area contributed by atoms with Crippen molar-refractivity contribution in [3.63, 3.8) is 0 Å². The predicted molar refractivity (Wildman–Crippen MR) is 58.8 cm³/mol. The molecule has 0 amide bonds. The number of aliphatic hydroxyl groups excluding tert-OH is 1. The second-order valence-electron chi connectivity index (χ2n) is 4.45. The van der Waals surface area contributed by atoms with Crippen LogP contribution in [-0.4, -0.2) is 17.5 Å². The number of aliphatic hydroxyl groups is 1. The Balaban J connectivity index is 2.13. The summed E-state index contributed by atoms with van der Waals surface area (Å²) in [7, 11) is 0. The summed E-state index contributed by atoms with van der Waals surface area (Å²) in [6.07, 6.45) is 1.64. The first-order valence-corrected chi connectivity index (χ1v) is 5.45. The number of fused-ring (bicyclic) bond motifs is 1. The minimum Gasteiger partial charge on any atom is -0.396 e. The van der Waals surface area contributed by atoms with E-state index in [4.69, 9.17) is 5.11 Å². The van der Waals surface area contributed by atoms with Crippen LogP contribution < -0.4 is 0 Å². The molecule has 2 nitrogen and oxygen atoms in total. The molecule has 1 aliphatic rings. The lowest BCUT2D eigenvalue weighted by Gasteiger charge is -2.12. The third kappa shape index (κ3) is 1.95. The molecule has 0 saturated heterocycles. The molecule has 1 N–H and O–H groups in total. The summed E-state index contributed by atoms with van der Waals surface area (Å²) in [4.78, 5) is 12.0. The molecule has 0 fully saturated rings. The van der Waals surface area contributed by atoms with Gasteiger partial charge in [0.05, 0.1) is 0 Å². The largest absolute Gasteiger partial charge is 0.396 e. The first kappa shape index (κ1) is 10.4. The highest BCUT2D eigenvalue weighted by molar-refractivity contribution is 6.02. The summed E-state index contributed by atoms with van der Waals surface area (Å²) in [5, 5.41) is 8.99. The maximum absolute atomic E-state index is 12.0. The Morgan fingerprint density at radius 1 is 1.47 bits per heavy atom. The summed E-state index contributed by atoms with van der Waals surface area (Å²) in [6.45, 7) is 2.15. The van der Waals surface area contributed by atoms with Crippen molar-refractivity contribution in [2.24, 2.45) is 11.8 Å². The molecule has 0 heterocycles. The van der Waals surface area contributed by atoms with Gasteiger partial charge in [-0.1, -0.05) is 31.2 Å². The number of rotatable bonds is 3. The second-order valence-corrected chi connectivity index (χ2v) is 4.45. The molecule has 0 saturated carbocycles. The summed E-state index contributed by atoms with van der Waals surface area (Å²) < 4.78 is 0. The molecular formula is C13H16O2. The third-order valence-electron chi connectivity index (χ3n) is 3.12. The average molecular weight is 204 g/mol. The Bertz CT molecular complexity index is 371. The number of carbonyl (C=O) groups is 1. The van der Waals surface area contributed by atoms with Crippen LogP contribution in [0.15, 0.2) is 24.3 Å². The molecule has 2 atom stereocenters. The van der Waals surface area contributed by atoms with E-state index < -0.39 is 0 Å². The Hall–Kier alpha value is -1.15. The summed E-state index contributed by atoms with van der Waals surface area (Å²) in [5.41, 5.74) is 2.05. The van der Waals surface area contributed by atoms with E-state index in [9.17, 15) is 4.79 Å². The molecule has 2 heteroatoms. The molecule has 2 unspecified atom stereocenters. The highest BCUT2D eigenvalue weighted by atomic mass is 16.3. The van der Waals surface area contributed by atoms with E-state index in [1.807, 2.05) is 31.2 Å². The molecule has 0 bridgehead atoms. The van der Waals surface area contributed by atoms with Crippen molar-refractivity contribution in [3.05, 3.63) is 35.4 Å². The molecule has 80 valence electrons. The lowest BCUT2D eigenvalue weighted by atomic mass is 9.93. The average Bonchev–Trinajstić information content (AvgIpc) is 2.57. The Kier molecular flexibility index (Phi) is 2.87. The number of carbonyl (C=O) groups excluding carboxylic acids is 1. The van der Waals surface area contributed by atoms with Gasteiger partial charge in [-0.2, -0.15) is 0 Å². The molecule has 0 aliphatic heterocycles. The van der Waals surface area contributed by atoms with E-state index in [1.54, 1.807) is 0 Å². The second kappa shape index (κ2) is 4.15. The maximum atomic E-state index is 12.0. The number of hydrogen-bond acceptors (Lipinski definition) is 2. The highest BCUT2D eigenvalue weighted by Crippen LogP contribution is 2.30. The monoisotopic (exact) mass is 204 g/mol. The zero-order valence-electron chi connectivity index (χ0n) is 8.94. The lowest BCUT2D eigenvalue weighted by molar-refractivity contribution is 0.0909. The van der Waals surface area contributed by atoms with E-state index in [2.05, 4.69) is 0 Å².